The number of pyridine rings is 1. The Balaban J connectivity index is 1.58. The summed E-state index contributed by atoms with van der Waals surface area (Å²) < 4.78 is 0. The van der Waals surface area contributed by atoms with Crippen LogP contribution >= 0.6 is 0 Å². The Labute approximate surface area is 142 Å². The summed E-state index contributed by atoms with van der Waals surface area (Å²) in [5.74, 6) is 0. The van der Waals surface area contributed by atoms with Gasteiger partial charge in [-0.1, -0.05) is 18.2 Å². The van der Waals surface area contributed by atoms with Crippen molar-refractivity contribution in [1.29, 1.82) is 0 Å². The molecule has 0 bridgehead atoms. The average Bonchev–Trinajstić information content (AvgIpc) is 3.02. The molecule has 3 aromatic rings. The summed E-state index contributed by atoms with van der Waals surface area (Å²) in [6.07, 6.45) is 6.06. The second-order valence-corrected chi connectivity index (χ2v) is 6.46. The molecule has 24 heavy (non-hydrogen) atoms. The summed E-state index contributed by atoms with van der Waals surface area (Å²) in [5.41, 5.74) is 5.04. The number of hydrogen-bond acceptors (Lipinski definition) is 3. The van der Waals surface area contributed by atoms with Crippen LogP contribution in [0.5, 0.6) is 0 Å². The van der Waals surface area contributed by atoms with Gasteiger partial charge < -0.3 is 15.2 Å². The van der Waals surface area contributed by atoms with Crippen LogP contribution in [0.15, 0.2) is 48.8 Å². The van der Waals surface area contributed by atoms with E-state index in [4.69, 9.17) is 0 Å². The molecule has 1 aromatic carbocycles. The van der Waals surface area contributed by atoms with Crippen LogP contribution in [0, 0.1) is 0 Å². The van der Waals surface area contributed by atoms with Crippen molar-refractivity contribution in [3.63, 3.8) is 0 Å². The normalized spacial score (nSPS) is 15.8. The maximum atomic E-state index is 4.29. The zero-order chi connectivity index (χ0) is 16.2. The van der Waals surface area contributed by atoms with E-state index >= 15 is 0 Å². The molecule has 0 radical (unpaired) electrons. The number of aromatic amines is 1. The van der Waals surface area contributed by atoms with Crippen LogP contribution in [-0.2, 0) is 6.42 Å². The number of aryl methyl sites for hydroxylation is 1. The van der Waals surface area contributed by atoms with E-state index in [1.807, 2.05) is 18.5 Å². The van der Waals surface area contributed by atoms with Crippen molar-refractivity contribution < 1.29 is 0 Å². The number of piperazine rings is 1. The molecule has 0 aliphatic carbocycles. The zero-order valence-corrected chi connectivity index (χ0v) is 14.0. The minimum atomic E-state index is 1.10. The lowest BCUT2D eigenvalue weighted by Gasteiger charge is -2.27. The number of para-hydroxylation sites is 1. The SMILES string of the molecule is c1cncc(-c2[nH]c3ccccc3c2CCCN2CCNCC2)c1. The topological polar surface area (TPSA) is 44.0 Å². The smallest absolute Gasteiger partial charge is 0.0512 e. The third-order valence-electron chi connectivity index (χ3n) is 4.87. The zero-order valence-electron chi connectivity index (χ0n) is 14.0. The summed E-state index contributed by atoms with van der Waals surface area (Å²) in [6, 6.07) is 12.8. The molecule has 1 aliphatic heterocycles. The highest BCUT2D eigenvalue weighted by Crippen LogP contribution is 2.30. The van der Waals surface area contributed by atoms with E-state index in [-0.39, 0.29) is 0 Å². The Morgan fingerprint density at radius 2 is 1.92 bits per heavy atom. The highest BCUT2D eigenvalue weighted by Gasteiger charge is 2.14. The molecule has 4 heteroatoms. The van der Waals surface area contributed by atoms with E-state index < -0.39 is 0 Å². The van der Waals surface area contributed by atoms with Crippen molar-refractivity contribution in [3.05, 3.63) is 54.4 Å². The van der Waals surface area contributed by atoms with E-state index in [1.165, 1.54) is 53.8 Å². The highest BCUT2D eigenvalue weighted by atomic mass is 15.2. The van der Waals surface area contributed by atoms with Crippen LogP contribution in [0.1, 0.15) is 12.0 Å². The molecule has 1 fully saturated rings. The van der Waals surface area contributed by atoms with E-state index in [2.05, 4.69) is 50.5 Å². The van der Waals surface area contributed by atoms with Gasteiger partial charge in [-0.2, -0.15) is 0 Å². The van der Waals surface area contributed by atoms with E-state index in [0.29, 0.717) is 0 Å². The van der Waals surface area contributed by atoms with E-state index in [0.717, 1.165) is 19.5 Å². The van der Waals surface area contributed by atoms with Gasteiger partial charge in [-0.25, -0.2) is 0 Å². The van der Waals surface area contributed by atoms with Crippen LogP contribution in [0.4, 0.5) is 0 Å². The summed E-state index contributed by atoms with van der Waals surface area (Å²) in [4.78, 5) is 10.5. The van der Waals surface area contributed by atoms with Crippen molar-refractivity contribution >= 4 is 10.9 Å². The first kappa shape index (κ1) is 15.4. The molecule has 1 saturated heterocycles. The van der Waals surface area contributed by atoms with Gasteiger partial charge in [0.1, 0.15) is 0 Å². The molecule has 3 heterocycles. The number of H-pyrrole nitrogens is 1. The minimum Gasteiger partial charge on any atom is -0.354 e. The molecule has 0 spiro atoms. The third kappa shape index (κ3) is 3.21. The highest BCUT2D eigenvalue weighted by molar-refractivity contribution is 5.90. The number of rotatable bonds is 5. The molecular weight excluding hydrogens is 296 g/mol. The van der Waals surface area contributed by atoms with Gasteiger partial charge in [0.05, 0.1) is 5.69 Å². The second-order valence-electron chi connectivity index (χ2n) is 6.46. The lowest BCUT2D eigenvalue weighted by atomic mass is 10.0. The van der Waals surface area contributed by atoms with Crippen LogP contribution in [-0.4, -0.2) is 47.6 Å². The molecular formula is C20H24N4. The Morgan fingerprint density at radius 3 is 2.75 bits per heavy atom. The van der Waals surface area contributed by atoms with Crippen molar-refractivity contribution in [2.45, 2.75) is 12.8 Å². The second kappa shape index (κ2) is 7.16. The quantitative estimate of drug-likeness (QED) is 0.759. The molecule has 0 saturated carbocycles. The van der Waals surface area contributed by atoms with E-state index in [1.54, 1.807) is 0 Å². The molecule has 1 aliphatic rings. The predicted molar refractivity (Wildman–Crippen MR) is 99.2 cm³/mol. The maximum Gasteiger partial charge on any atom is 0.0512 e. The van der Waals surface area contributed by atoms with Gasteiger partial charge in [0.2, 0.25) is 0 Å². The number of fused-ring (bicyclic) bond motifs is 1. The molecule has 4 nitrogen and oxygen atoms in total. The molecule has 4 rings (SSSR count). The maximum absolute atomic E-state index is 4.29. The lowest BCUT2D eigenvalue weighted by Crippen LogP contribution is -2.43. The first-order valence-corrected chi connectivity index (χ1v) is 8.85. The Bertz CT molecular complexity index is 788. The predicted octanol–water partition coefficient (Wildman–Crippen LogP) is 3.07. The van der Waals surface area contributed by atoms with Crippen molar-refractivity contribution in [2.75, 3.05) is 32.7 Å². The monoisotopic (exact) mass is 320 g/mol. The van der Waals surface area contributed by atoms with Crippen LogP contribution in [0.3, 0.4) is 0 Å². The Kier molecular flexibility index (Phi) is 4.58. The number of aromatic nitrogens is 2. The summed E-state index contributed by atoms with van der Waals surface area (Å²) in [6.45, 7) is 5.75. The van der Waals surface area contributed by atoms with Gasteiger partial charge in [0, 0.05) is 55.0 Å². The molecule has 2 aromatic heterocycles. The summed E-state index contributed by atoms with van der Waals surface area (Å²) in [5, 5.41) is 4.76. The number of nitrogens with zero attached hydrogens (tertiary/aromatic N) is 2. The average molecular weight is 320 g/mol. The summed E-state index contributed by atoms with van der Waals surface area (Å²) >= 11 is 0. The molecule has 0 atom stereocenters. The van der Waals surface area contributed by atoms with Crippen LogP contribution < -0.4 is 5.32 Å². The Hall–Kier alpha value is -2.17. The van der Waals surface area contributed by atoms with Gasteiger partial charge in [-0.3, -0.25) is 4.98 Å². The largest absolute Gasteiger partial charge is 0.354 e. The van der Waals surface area contributed by atoms with E-state index in [9.17, 15) is 0 Å². The van der Waals surface area contributed by atoms with Crippen molar-refractivity contribution in [3.8, 4) is 11.3 Å². The number of nitrogens with one attached hydrogen (secondary N) is 2. The third-order valence-corrected chi connectivity index (χ3v) is 4.87. The van der Waals surface area contributed by atoms with Crippen LogP contribution in [0.25, 0.3) is 22.2 Å². The number of benzene rings is 1. The molecule has 0 unspecified atom stereocenters. The summed E-state index contributed by atoms with van der Waals surface area (Å²) in [7, 11) is 0. The van der Waals surface area contributed by atoms with Crippen molar-refractivity contribution in [2.24, 2.45) is 0 Å². The first-order chi connectivity index (χ1) is 11.9. The molecule has 124 valence electrons. The number of hydrogen-bond donors (Lipinski definition) is 2. The van der Waals surface area contributed by atoms with Crippen molar-refractivity contribution in [1.82, 2.24) is 20.2 Å². The lowest BCUT2D eigenvalue weighted by molar-refractivity contribution is 0.238. The Morgan fingerprint density at radius 1 is 1.04 bits per heavy atom. The van der Waals surface area contributed by atoms with Gasteiger partial charge >= 0.3 is 0 Å². The fraction of sp³-hybridized carbons (Fsp3) is 0.350. The van der Waals surface area contributed by atoms with Gasteiger partial charge in [0.15, 0.2) is 0 Å². The van der Waals surface area contributed by atoms with Gasteiger partial charge in [0.25, 0.3) is 0 Å². The fourth-order valence-electron chi connectivity index (χ4n) is 3.63. The molecule has 0 amide bonds. The van der Waals surface area contributed by atoms with Gasteiger partial charge in [-0.05, 0) is 43.1 Å². The van der Waals surface area contributed by atoms with Gasteiger partial charge in [-0.15, -0.1) is 0 Å². The molecule has 2 N–H and O–H groups in total. The minimum absolute atomic E-state index is 1.10. The fourth-order valence-corrected chi connectivity index (χ4v) is 3.63. The van der Waals surface area contributed by atoms with Crippen LogP contribution in [0.2, 0.25) is 0 Å². The standard InChI is InChI=1S/C20H24N4/c1-2-8-19-17(6-1)18(7-4-12-24-13-10-21-11-14-24)20(23-19)16-5-3-9-22-15-16/h1-3,5-6,8-9,15,21,23H,4,7,10-14H2. The first-order valence-electron chi connectivity index (χ1n) is 8.85.